The highest BCUT2D eigenvalue weighted by molar-refractivity contribution is 9.10. The molecule has 0 fully saturated rings. The highest BCUT2D eigenvalue weighted by atomic mass is 79.9. The van der Waals surface area contributed by atoms with E-state index in [2.05, 4.69) is 49.8 Å². The van der Waals surface area contributed by atoms with E-state index < -0.39 is 20.0 Å². The van der Waals surface area contributed by atoms with Crippen LogP contribution in [0.4, 0.5) is 4.79 Å². The molecular weight excluding hydrogens is 398 g/mol. The molecule has 0 radical (unpaired) electrons. The highest BCUT2D eigenvalue weighted by Crippen LogP contribution is 2.38. The van der Waals surface area contributed by atoms with Crippen LogP contribution in [0.25, 0.3) is 10.9 Å². The van der Waals surface area contributed by atoms with Crippen molar-refractivity contribution in [3.63, 3.8) is 0 Å². The van der Waals surface area contributed by atoms with E-state index in [-0.39, 0.29) is 5.04 Å². The smallest absolute Gasteiger partial charge is 0.419 e. The molecule has 0 saturated carbocycles. The fourth-order valence-corrected chi connectivity index (χ4v) is 3.77. The minimum atomic E-state index is -1.90. The summed E-state index contributed by atoms with van der Waals surface area (Å²) in [5.41, 5.74) is 0.252. The summed E-state index contributed by atoms with van der Waals surface area (Å²) in [7, 11) is -1.90. The van der Waals surface area contributed by atoms with Crippen LogP contribution in [-0.2, 0) is 4.74 Å². The lowest BCUT2D eigenvalue weighted by molar-refractivity contribution is 0.0541. The first-order valence-corrected chi connectivity index (χ1v) is 12.1. The molecular formula is C19H28BrNO3Si. The van der Waals surface area contributed by atoms with Gasteiger partial charge in [-0.25, -0.2) is 9.36 Å². The van der Waals surface area contributed by atoms with Gasteiger partial charge in [0.15, 0.2) is 0 Å². The van der Waals surface area contributed by atoms with E-state index in [0.29, 0.717) is 4.60 Å². The first-order chi connectivity index (χ1) is 11.2. The maximum absolute atomic E-state index is 12.5. The summed E-state index contributed by atoms with van der Waals surface area (Å²) >= 11 is 3.47. The summed E-state index contributed by atoms with van der Waals surface area (Å²) in [5.74, 6) is 0.841. The number of carbonyl (C=O) groups excluding carboxylic acids is 1. The lowest BCUT2D eigenvalue weighted by atomic mass is 10.2. The second-order valence-corrected chi connectivity index (χ2v) is 14.4. The largest absolute Gasteiger partial charge is 0.543 e. The third-order valence-corrected chi connectivity index (χ3v) is 9.43. The Morgan fingerprint density at radius 1 is 1.08 bits per heavy atom. The summed E-state index contributed by atoms with van der Waals surface area (Å²) < 4.78 is 14.1. The predicted octanol–water partition coefficient (Wildman–Crippen LogP) is 6.57. The van der Waals surface area contributed by atoms with Gasteiger partial charge in [-0.2, -0.15) is 0 Å². The third kappa shape index (κ3) is 4.47. The van der Waals surface area contributed by atoms with Crippen molar-refractivity contribution in [2.24, 2.45) is 0 Å². The molecule has 0 bridgehead atoms. The fraction of sp³-hybridized carbons (Fsp3) is 0.526. The lowest BCUT2D eigenvalue weighted by Gasteiger charge is -2.36. The van der Waals surface area contributed by atoms with Crippen molar-refractivity contribution < 1.29 is 14.0 Å². The van der Waals surface area contributed by atoms with E-state index >= 15 is 0 Å². The van der Waals surface area contributed by atoms with Gasteiger partial charge in [-0.05, 0) is 79.1 Å². The molecule has 2 rings (SSSR count). The van der Waals surface area contributed by atoms with Gasteiger partial charge >= 0.3 is 6.09 Å². The van der Waals surface area contributed by atoms with Crippen molar-refractivity contribution in [1.82, 2.24) is 4.57 Å². The van der Waals surface area contributed by atoms with Gasteiger partial charge in [0.1, 0.15) is 11.4 Å². The molecule has 0 N–H and O–H groups in total. The molecule has 138 valence electrons. The van der Waals surface area contributed by atoms with Crippen molar-refractivity contribution in [2.75, 3.05) is 0 Å². The van der Waals surface area contributed by atoms with Crippen LogP contribution in [0, 0.1) is 0 Å². The van der Waals surface area contributed by atoms with Crippen LogP contribution in [0.5, 0.6) is 5.75 Å². The number of ether oxygens (including phenoxy) is 1. The summed E-state index contributed by atoms with van der Waals surface area (Å²) in [6, 6.07) is 7.74. The minimum Gasteiger partial charge on any atom is -0.543 e. The molecule has 1 aromatic heterocycles. The second-order valence-electron chi connectivity index (χ2n) is 8.87. The minimum absolute atomic E-state index is 0.130. The SMILES string of the molecule is CC(C)(C)OC(=O)n1c(Br)cc2cc(O[Si](C)(C)C(C)(C)C)ccc21. The second kappa shape index (κ2) is 6.47. The Bertz CT molecular complexity index is 797. The van der Waals surface area contributed by atoms with E-state index in [9.17, 15) is 4.79 Å². The summed E-state index contributed by atoms with van der Waals surface area (Å²) in [6.07, 6.45) is -0.396. The number of benzene rings is 1. The molecule has 0 aliphatic heterocycles. The van der Waals surface area contributed by atoms with Gasteiger partial charge in [0.05, 0.1) is 10.1 Å². The molecule has 0 aliphatic carbocycles. The van der Waals surface area contributed by atoms with Crippen molar-refractivity contribution in [3.8, 4) is 5.75 Å². The molecule has 0 aliphatic rings. The van der Waals surface area contributed by atoms with Crippen LogP contribution >= 0.6 is 15.9 Å². The summed E-state index contributed by atoms with van der Waals surface area (Å²) in [5, 5.41) is 1.07. The first kappa shape index (κ1) is 20.0. The Labute approximate surface area is 159 Å². The predicted molar refractivity (Wildman–Crippen MR) is 109 cm³/mol. The van der Waals surface area contributed by atoms with E-state index in [1.54, 1.807) is 0 Å². The molecule has 6 heteroatoms. The number of rotatable bonds is 2. The Hall–Kier alpha value is -1.27. The molecule has 1 aromatic carbocycles. The van der Waals surface area contributed by atoms with Gasteiger partial charge in [0, 0.05) is 5.39 Å². The quantitative estimate of drug-likeness (QED) is 0.510. The van der Waals surface area contributed by atoms with E-state index in [1.165, 1.54) is 4.57 Å². The van der Waals surface area contributed by atoms with Crippen LogP contribution in [0.2, 0.25) is 18.1 Å². The zero-order chi connectivity index (χ0) is 19.2. The third-order valence-electron chi connectivity index (χ3n) is 4.48. The van der Waals surface area contributed by atoms with E-state index in [0.717, 1.165) is 16.7 Å². The van der Waals surface area contributed by atoms with Crippen LogP contribution in [0.1, 0.15) is 41.5 Å². The van der Waals surface area contributed by atoms with E-state index in [1.807, 2.05) is 45.0 Å². The number of halogens is 1. The van der Waals surface area contributed by atoms with E-state index in [4.69, 9.17) is 9.16 Å². The molecule has 2 aromatic rings. The standard InChI is InChI=1S/C19H28BrNO3Si/c1-18(2,3)23-17(22)21-15-10-9-14(11-13(15)12-16(21)20)24-25(7,8)19(4,5)6/h9-12H,1-8H3. The van der Waals surface area contributed by atoms with Gasteiger partial charge in [-0.15, -0.1) is 0 Å². The molecule has 4 nitrogen and oxygen atoms in total. The lowest BCUT2D eigenvalue weighted by Crippen LogP contribution is -2.43. The number of fused-ring (bicyclic) bond motifs is 1. The molecule has 1 heterocycles. The Balaban J connectivity index is 2.39. The molecule has 0 spiro atoms. The zero-order valence-electron chi connectivity index (χ0n) is 16.4. The van der Waals surface area contributed by atoms with Crippen molar-refractivity contribution >= 4 is 41.2 Å². The molecule has 0 unspecified atom stereocenters. The average molecular weight is 426 g/mol. The van der Waals surface area contributed by atoms with Crippen molar-refractivity contribution in [3.05, 3.63) is 28.9 Å². The molecule has 0 atom stereocenters. The molecule has 0 amide bonds. The monoisotopic (exact) mass is 425 g/mol. The maximum Gasteiger partial charge on any atom is 0.419 e. The van der Waals surface area contributed by atoms with Gasteiger partial charge in [0.25, 0.3) is 0 Å². The first-order valence-electron chi connectivity index (χ1n) is 8.45. The molecule has 0 saturated heterocycles. The van der Waals surface area contributed by atoms with Crippen LogP contribution in [0.15, 0.2) is 28.9 Å². The van der Waals surface area contributed by atoms with Crippen LogP contribution in [-0.4, -0.2) is 24.6 Å². The fourth-order valence-electron chi connectivity index (χ4n) is 2.16. The van der Waals surface area contributed by atoms with Crippen LogP contribution < -0.4 is 4.43 Å². The van der Waals surface area contributed by atoms with Crippen molar-refractivity contribution in [1.29, 1.82) is 0 Å². The van der Waals surface area contributed by atoms with Gasteiger partial charge < -0.3 is 9.16 Å². The zero-order valence-corrected chi connectivity index (χ0v) is 18.9. The van der Waals surface area contributed by atoms with Gasteiger partial charge in [-0.1, -0.05) is 20.8 Å². The topological polar surface area (TPSA) is 40.5 Å². The average Bonchev–Trinajstić information content (AvgIpc) is 2.69. The maximum atomic E-state index is 12.5. The number of hydrogen-bond acceptors (Lipinski definition) is 3. The van der Waals surface area contributed by atoms with Crippen molar-refractivity contribution in [2.45, 2.75) is 65.3 Å². The Kier molecular flexibility index (Phi) is 5.19. The number of carbonyl (C=O) groups is 1. The summed E-state index contributed by atoms with van der Waals surface area (Å²) in [4.78, 5) is 12.5. The van der Waals surface area contributed by atoms with Gasteiger partial charge in [-0.3, -0.25) is 0 Å². The number of hydrogen-bond donors (Lipinski definition) is 0. The Morgan fingerprint density at radius 3 is 2.20 bits per heavy atom. The molecule has 25 heavy (non-hydrogen) atoms. The van der Waals surface area contributed by atoms with Crippen LogP contribution in [0.3, 0.4) is 0 Å². The Morgan fingerprint density at radius 2 is 1.68 bits per heavy atom. The number of nitrogens with zero attached hydrogens (tertiary/aromatic N) is 1. The summed E-state index contributed by atoms with van der Waals surface area (Å²) in [6.45, 7) is 16.7. The normalized spacial score (nSPS) is 13.2. The highest BCUT2D eigenvalue weighted by Gasteiger charge is 2.39. The number of aromatic nitrogens is 1. The van der Waals surface area contributed by atoms with Gasteiger partial charge in [0.2, 0.25) is 8.32 Å².